The Morgan fingerprint density at radius 3 is 2.82 bits per heavy atom. The van der Waals surface area contributed by atoms with E-state index in [9.17, 15) is 4.79 Å². The van der Waals surface area contributed by atoms with Crippen molar-refractivity contribution in [3.63, 3.8) is 0 Å². The third-order valence-electron chi connectivity index (χ3n) is 2.68. The van der Waals surface area contributed by atoms with Gasteiger partial charge in [0.25, 0.3) is 5.91 Å². The molecule has 0 aliphatic rings. The number of hydrogen-bond donors (Lipinski definition) is 1. The van der Waals surface area contributed by atoms with E-state index in [1.807, 2.05) is 32.0 Å². The summed E-state index contributed by atoms with van der Waals surface area (Å²) in [6, 6.07) is 5.65. The highest BCUT2D eigenvalue weighted by atomic mass is 16.3. The molecule has 0 unspecified atom stereocenters. The first-order chi connectivity index (χ1) is 8.16. The molecule has 0 atom stereocenters. The fourth-order valence-electron chi connectivity index (χ4n) is 1.48. The van der Waals surface area contributed by atoms with E-state index < -0.39 is 0 Å². The minimum Gasteiger partial charge on any atom is -0.451 e. The van der Waals surface area contributed by atoms with E-state index in [2.05, 4.69) is 10.3 Å². The number of hydrogen-bond acceptors (Lipinski definition) is 3. The molecule has 0 saturated heterocycles. The summed E-state index contributed by atoms with van der Waals surface area (Å²) in [7, 11) is 0. The Morgan fingerprint density at radius 2 is 2.18 bits per heavy atom. The van der Waals surface area contributed by atoms with Gasteiger partial charge in [-0.15, -0.1) is 0 Å². The monoisotopic (exact) mass is 230 g/mol. The van der Waals surface area contributed by atoms with E-state index in [4.69, 9.17) is 4.42 Å². The van der Waals surface area contributed by atoms with Crippen LogP contribution in [-0.4, -0.2) is 10.9 Å². The topological polar surface area (TPSA) is 55.1 Å². The minimum atomic E-state index is -0.101. The van der Waals surface area contributed by atoms with Gasteiger partial charge in [0, 0.05) is 5.56 Å². The van der Waals surface area contributed by atoms with Gasteiger partial charge in [-0.05, 0) is 37.1 Å². The van der Waals surface area contributed by atoms with Crippen molar-refractivity contribution < 1.29 is 9.21 Å². The number of nitrogens with one attached hydrogen (secondary N) is 1. The summed E-state index contributed by atoms with van der Waals surface area (Å²) >= 11 is 0. The maximum Gasteiger partial charge on any atom is 0.251 e. The lowest BCUT2D eigenvalue weighted by Crippen LogP contribution is -2.23. The minimum absolute atomic E-state index is 0.101. The Bertz CT molecular complexity index is 518. The Kier molecular flexibility index (Phi) is 3.23. The van der Waals surface area contributed by atoms with Gasteiger partial charge in [0.05, 0.1) is 12.2 Å². The van der Waals surface area contributed by atoms with E-state index in [0.717, 1.165) is 5.56 Å². The van der Waals surface area contributed by atoms with E-state index in [1.165, 1.54) is 18.2 Å². The molecule has 0 bridgehead atoms. The first-order valence-corrected chi connectivity index (χ1v) is 5.39. The van der Waals surface area contributed by atoms with Crippen molar-refractivity contribution in [1.82, 2.24) is 10.3 Å². The number of aryl methyl sites for hydroxylation is 2. The summed E-state index contributed by atoms with van der Waals surface area (Å²) in [6.07, 6.45) is 2.86. The lowest BCUT2D eigenvalue weighted by atomic mass is 10.1. The molecule has 1 heterocycles. The molecule has 0 spiro atoms. The van der Waals surface area contributed by atoms with Crippen molar-refractivity contribution >= 4 is 5.91 Å². The van der Waals surface area contributed by atoms with Crippen molar-refractivity contribution in [1.29, 1.82) is 0 Å². The molecule has 1 N–H and O–H groups in total. The SMILES string of the molecule is Cc1ccc(C(=O)NCc2cocn2)cc1C. The van der Waals surface area contributed by atoms with E-state index in [1.54, 1.807) is 0 Å². The van der Waals surface area contributed by atoms with Crippen LogP contribution in [0.3, 0.4) is 0 Å². The number of amides is 1. The van der Waals surface area contributed by atoms with Crippen LogP contribution in [0.4, 0.5) is 0 Å². The average Bonchev–Trinajstić information content (AvgIpc) is 2.82. The molecular formula is C13H14N2O2. The van der Waals surface area contributed by atoms with Crippen molar-refractivity contribution in [3.05, 3.63) is 53.2 Å². The number of rotatable bonds is 3. The molecule has 1 amide bonds. The molecule has 0 fully saturated rings. The van der Waals surface area contributed by atoms with Crippen LogP contribution in [0.2, 0.25) is 0 Å². The summed E-state index contributed by atoms with van der Waals surface area (Å²) in [5, 5.41) is 2.79. The zero-order valence-corrected chi connectivity index (χ0v) is 9.86. The quantitative estimate of drug-likeness (QED) is 0.879. The first-order valence-electron chi connectivity index (χ1n) is 5.39. The standard InChI is InChI=1S/C13H14N2O2/c1-9-3-4-11(5-10(9)2)13(16)14-6-12-7-17-8-15-12/h3-5,7-8H,6H2,1-2H3,(H,14,16). The fraction of sp³-hybridized carbons (Fsp3) is 0.231. The number of oxazole rings is 1. The van der Waals surface area contributed by atoms with Gasteiger partial charge >= 0.3 is 0 Å². The largest absolute Gasteiger partial charge is 0.451 e. The summed E-state index contributed by atoms with van der Waals surface area (Å²) in [5.74, 6) is -0.101. The summed E-state index contributed by atoms with van der Waals surface area (Å²) < 4.78 is 4.82. The van der Waals surface area contributed by atoms with Crippen LogP contribution in [-0.2, 0) is 6.54 Å². The highest BCUT2D eigenvalue weighted by Gasteiger charge is 2.06. The van der Waals surface area contributed by atoms with Gasteiger partial charge in [-0.2, -0.15) is 0 Å². The number of carbonyl (C=O) groups is 1. The van der Waals surface area contributed by atoms with E-state index in [0.29, 0.717) is 17.8 Å². The molecule has 2 rings (SSSR count). The highest BCUT2D eigenvalue weighted by Crippen LogP contribution is 2.09. The van der Waals surface area contributed by atoms with Gasteiger partial charge in [0.15, 0.2) is 6.39 Å². The molecule has 4 nitrogen and oxygen atoms in total. The number of carbonyl (C=O) groups excluding carboxylic acids is 1. The normalized spacial score (nSPS) is 10.2. The zero-order chi connectivity index (χ0) is 12.3. The maximum atomic E-state index is 11.8. The summed E-state index contributed by atoms with van der Waals surface area (Å²) in [4.78, 5) is 15.8. The van der Waals surface area contributed by atoms with Crippen molar-refractivity contribution in [3.8, 4) is 0 Å². The van der Waals surface area contributed by atoms with Gasteiger partial charge < -0.3 is 9.73 Å². The Labute approximate surface area is 99.7 Å². The molecule has 17 heavy (non-hydrogen) atoms. The van der Waals surface area contributed by atoms with Gasteiger partial charge in [-0.1, -0.05) is 6.07 Å². The van der Waals surface area contributed by atoms with Crippen LogP contribution in [0.25, 0.3) is 0 Å². The molecule has 2 aromatic rings. The molecular weight excluding hydrogens is 216 g/mol. The first kappa shape index (κ1) is 11.4. The third kappa shape index (κ3) is 2.72. The van der Waals surface area contributed by atoms with Gasteiger partial charge in [-0.3, -0.25) is 4.79 Å². The second-order valence-electron chi connectivity index (χ2n) is 3.96. The van der Waals surface area contributed by atoms with Crippen LogP contribution >= 0.6 is 0 Å². The Balaban J connectivity index is 2.02. The fourth-order valence-corrected chi connectivity index (χ4v) is 1.48. The van der Waals surface area contributed by atoms with E-state index in [-0.39, 0.29) is 5.91 Å². The van der Waals surface area contributed by atoms with Crippen LogP contribution in [0, 0.1) is 13.8 Å². The smallest absolute Gasteiger partial charge is 0.251 e. The average molecular weight is 230 g/mol. The predicted molar refractivity (Wildman–Crippen MR) is 63.6 cm³/mol. The van der Waals surface area contributed by atoms with Crippen LogP contribution in [0.1, 0.15) is 27.2 Å². The van der Waals surface area contributed by atoms with Gasteiger partial charge in [0.1, 0.15) is 6.26 Å². The molecule has 0 radical (unpaired) electrons. The lowest BCUT2D eigenvalue weighted by Gasteiger charge is -2.05. The molecule has 4 heteroatoms. The predicted octanol–water partition coefficient (Wildman–Crippen LogP) is 2.22. The second kappa shape index (κ2) is 4.82. The zero-order valence-electron chi connectivity index (χ0n) is 9.86. The van der Waals surface area contributed by atoms with Crippen molar-refractivity contribution in [2.45, 2.75) is 20.4 Å². The highest BCUT2D eigenvalue weighted by molar-refractivity contribution is 5.94. The summed E-state index contributed by atoms with van der Waals surface area (Å²) in [6.45, 7) is 4.39. The molecule has 0 aliphatic heterocycles. The number of nitrogens with zero attached hydrogens (tertiary/aromatic N) is 1. The van der Waals surface area contributed by atoms with Gasteiger partial charge in [-0.25, -0.2) is 4.98 Å². The molecule has 88 valence electrons. The van der Waals surface area contributed by atoms with Crippen molar-refractivity contribution in [2.24, 2.45) is 0 Å². The van der Waals surface area contributed by atoms with Crippen LogP contribution < -0.4 is 5.32 Å². The molecule has 1 aromatic carbocycles. The molecule has 1 aromatic heterocycles. The lowest BCUT2D eigenvalue weighted by molar-refractivity contribution is 0.0950. The molecule has 0 saturated carbocycles. The van der Waals surface area contributed by atoms with Crippen LogP contribution in [0.5, 0.6) is 0 Å². The Morgan fingerprint density at radius 1 is 1.35 bits per heavy atom. The second-order valence-corrected chi connectivity index (χ2v) is 3.96. The number of benzene rings is 1. The number of aromatic nitrogens is 1. The molecule has 0 aliphatic carbocycles. The van der Waals surface area contributed by atoms with Crippen LogP contribution in [0.15, 0.2) is 35.3 Å². The summed E-state index contributed by atoms with van der Waals surface area (Å²) in [5.41, 5.74) is 3.66. The Hall–Kier alpha value is -2.10. The maximum absolute atomic E-state index is 11.8. The third-order valence-corrected chi connectivity index (χ3v) is 2.68. The van der Waals surface area contributed by atoms with Gasteiger partial charge in [0.2, 0.25) is 0 Å². The van der Waals surface area contributed by atoms with E-state index >= 15 is 0 Å². The van der Waals surface area contributed by atoms with Crippen molar-refractivity contribution in [2.75, 3.05) is 0 Å².